The van der Waals surface area contributed by atoms with Gasteiger partial charge in [0.25, 0.3) is 0 Å². The average molecular weight is 521 g/mol. The highest BCUT2D eigenvalue weighted by atomic mass is 16.6. The molecule has 0 rings (SSSR count). The second-order valence-electron chi connectivity index (χ2n) is 11.2. The van der Waals surface area contributed by atoms with E-state index in [0.29, 0.717) is 12.8 Å². The number of rotatable bonds is 29. The van der Waals surface area contributed by atoms with Crippen LogP contribution in [-0.4, -0.2) is 11.9 Å². The molecule has 0 aromatic carbocycles. The van der Waals surface area contributed by atoms with E-state index in [1.807, 2.05) is 0 Å². The summed E-state index contributed by atoms with van der Waals surface area (Å²) < 4.78 is 4.98. The Morgan fingerprint density at radius 3 is 1.08 bits per heavy atom. The lowest BCUT2D eigenvalue weighted by atomic mass is 10.0. The van der Waals surface area contributed by atoms with Crippen LogP contribution in [-0.2, 0) is 14.3 Å². The number of esters is 2. The van der Waals surface area contributed by atoms with Crippen LogP contribution in [0.1, 0.15) is 194 Å². The van der Waals surface area contributed by atoms with E-state index in [9.17, 15) is 9.59 Å². The summed E-state index contributed by atoms with van der Waals surface area (Å²) in [5, 5.41) is 0. The maximum absolute atomic E-state index is 11.9. The summed E-state index contributed by atoms with van der Waals surface area (Å²) >= 11 is 0. The zero-order chi connectivity index (χ0) is 27.1. The van der Waals surface area contributed by atoms with Crippen LogP contribution in [0.2, 0.25) is 0 Å². The standard InChI is InChI=1S/C34H64O3/c1-3-5-7-9-11-13-15-16-17-18-19-20-22-24-26-28-30-32-34(36)37-33(35)31-29-27-25-23-21-14-12-10-8-6-4-2/h10,12H,3-9,11,13-32H2,1-2H3/b12-10-. The lowest BCUT2D eigenvalue weighted by Gasteiger charge is -2.05. The molecule has 0 fully saturated rings. The van der Waals surface area contributed by atoms with E-state index in [1.54, 1.807) is 0 Å². The van der Waals surface area contributed by atoms with Gasteiger partial charge in [0.15, 0.2) is 0 Å². The van der Waals surface area contributed by atoms with Crippen LogP contribution in [0.15, 0.2) is 12.2 Å². The minimum atomic E-state index is -0.337. The molecule has 37 heavy (non-hydrogen) atoms. The van der Waals surface area contributed by atoms with E-state index >= 15 is 0 Å². The molecule has 218 valence electrons. The van der Waals surface area contributed by atoms with Gasteiger partial charge in [-0.25, -0.2) is 0 Å². The number of hydrogen-bond donors (Lipinski definition) is 0. The molecule has 0 aliphatic rings. The van der Waals surface area contributed by atoms with E-state index in [2.05, 4.69) is 26.0 Å². The molecule has 3 heteroatoms. The first-order valence-corrected chi connectivity index (χ1v) is 16.6. The van der Waals surface area contributed by atoms with Crippen LogP contribution in [0.3, 0.4) is 0 Å². The maximum atomic E-state index is 11.9. The summed E-state index contributed by atoms with van der Waals surface area (Å²) in [7, 11) is 0. The number of ether oxygens (including phenoxy) is 1. The predicted molar refractivity (Wildman–Crippen MR) is 161 cm³/mol. The van der Waals surface area contributed by atoms with Gasteiger partial charge < -0.3 is 4.74 Å². The molecule has 0 aliphatic carbocycles. The van der Waals surface area contributed by atoms with Crippen molar-refractivity contribution < 1.29 is 14.3 Å². The van der Waals surface area contributed by atoms with Gasteiger partial charge in [0.2, 0.25) is 0 Å². The zero-order valence-corrected chi connectivity index (χ0v) is 25.2. The smallest absolute Gasteiger partial charge is 0.313 e. The second-order valence-corrected chi connectivity index (χ2v) is 11.2. The van der Waals surface area contributed by atoms with Crippen molar-refractivity contribution in [1.82, 2.24) is 0 Å². The van der Waals surface area contributed by atoms with E-state index < -0.39 is 0 Å². The first-order chi connectivity index (χ1) is 18.2. The van der Waals surface area contributed by atoms with Crippen molar-refractivity contribution in [3.63, 3.8) is 0 Å². The van der Waals surface area contributed by atoms with Gasteiger partial charge in [0, 0.05) is 12.8 Å². The summed E-state index contributed by atoms with van der Waals surface area (Å²) in [5.41, 5.74) is 0. The van der Waals surface area contributed by atoms with Crippen LogP contribution in [0.25, 0.3) is 0 Å². The lowest BCUT2D eigenvalue weighted by molar-refractivity contribution is -0.159. The fourth-order valence-electron chi connectivity index (χ4n) is 4.84. The van der Waals surface area contributed by atoms with Crippen molar-refractivity contribution in [1.29, 1.82) is 0 Å². The summed E-state index contributed by atoms with van der Waals surface area (Å²) in [6.45, 7) is 4.50. The van der Waals surface area contributed by atoms with Gasteiger partial charge in [-0.15, -0.1) is 0 Å². The van der Waals surface area contributed by atoms with Crippen molar-refractivity contribution in [3.05, 3.63) is 12.2 Å². The molecule has 0 saturated heterocycles. The molecular weight excluding hydrogens is 456 g/mol. The summed E-state index contributed by atoms with van der Waals surface area (Å²) in [6, 6.07) is 0. The highest BCUT2D eigenvalue weighted by molar-refractivity contribution is 5.85. The van der Waals surface area contributed by atoms with Gasteiger partial charge in [0.05, 0.1) is 0 Å². The van der Waals surface area contributed by atoms with Crippen LogP contribution >= 0.6 is 0 Å². The van der Waals surface area contributed by atoms with Crippen molar-refractivity contribution in [2.24, 2.45) is 0 Å². The van der Waals surface area contributed by atoms with Crippen molar-refractivity contribution in [2.75, 3.05) is 0 Å². The molecule has 0 spiro atoms. The Kier molecular flexibility index (Phi) is 30.2. The van der Waals surface area contributed by atoms with Crippen LogP contribution in [0, 0.1) is 0 Å². The highest BCUT2D eigenvalue weighted by Gasteiger charge is 2.09. The molecule has 0 N–H and O–H groups in total. The van der Waals surface area contributed by atoms with E-state index in [1.165, 1.54) is 135 Å². The quantitative estimate of drug-likeness (QED) is 0.0426. The Bertz CT molecular complexity index is 511. The van der Waals surface area contributed by atoms with Crippen molar-refractivity contribution in [3.8, 4) is 0 Å². The van der Waals surface area contributed by atoms with Crippen LogP contribution < -0.4 is 0 Å². The topological polar surface area (TPSA) is 43.4 Å². The lowest BCUT2D eigenvalue weighted by Crippen LogP contribution is -2.11. The number of carbonyl (C=O) groups is 2. The molecule has 0 aromatic rings. The van der Waals surface area contributed by atoms with Gasteiger partial charge in [-0.2, -0.15) is 0 Å². The third-order valence-corrected chi connectivity index (χ3v) is 7.35. The first-order valence-electron chi connectivity index (χ1n) is 16.6. The monoisotopic (exact) mass is 520 g/mol. The van der Waals surface area contributed by atoms with Gasteiger partial charge in [-0.3, -0.25) is 9.59 Å². The van der Waals surface area contributed by atoms with Crippen LogP contribution in [0.5, 0.6) is 0 Å². The zero-order valence-electron chi connectivity index (χ0n) is 25.2. The summed E-state index contributed by atoms with van der Waals surface area (Å²) in [5.74, 6) is -0.670. The van der Waals surface area contributed by atoms with Crippen molar-refractivity contribution >= 4 is 11.9 Å². The molecule has 0 aliphatic heterocycles. The van der Waals surface area contributed by atoms with Gasteiger partial charge >= 0.3 is 11.9 Å². The Balaban J connectivity index is 3.30. The van der Waals surface area contributed by atoms with Gasteiger partial charge in [0.1, 0.15) is 0 Å². The Hall–Kier alpha value is -1.12. The number of unbranched alkanes of at least 4 members (excludes halogenated alkanes) is 23. The molecule has 0 aromatic heterocycles. The van der Waals surface area contributed by atoms with Crippen molar-refractivity contribution in [2.45, 2.75) is 194 Å². The minimum Gasteiger partial charge on any atom is -0.393 e. The number of allylic oxidation sites excluding steroid dienone is 2. The normalized spacial score (nSPS) is 11.4. The third-order valence-electron chi connectivity index (χ3n) is 7.35. The Morgan fingerprint density at radius 2 is 0.703 bits per heavy atom. The predicted octanol–water partition coefficient (Wildman–Crippen LogP) is 11.6. The number of carbonyl (C=O) groups excluding carboxylic acids is 2. The Morgan fingerprint density at radius 1 is 0.405 bits per heavy atom. The molecule has 0 saturated carbocycles. The molecule has 0 radical (unpaired) electrons. The summed E-state index contributed by atoms with van der Waals surface area (Å²) in [4.78, 5) is 23.7. The summed E-state index contributed by atoms with van der Waals surface area (Å²) in [6.07, 6.45) is 38.3. The number of hydrogen-bond acceptors (Lipinski definition) is 3. The van der Waals surface area contributed by atoms with Gasteiger partial charge in [-0.1, -0.05) is 161 Å². The largest absolute Gasteiger partial charge is 0.393 e. The Labute approximate surface area is 232 Å². The molecule has 0 bridgehead atoms. The molecule has 0 unspecified atom stereocenters. The van der Waals surface area contributed by atoms with Gasteiger partial charge in [-0.05, 0) is 32.1 Å². The molecule has 0 heterocycles. The maximum Gasteiger partial charge on any atom is 0.313 e. The minimum absolute atomic E-state index is 0.333. The molecule has 3 nitrogen and oxygen atoms in total. The second kappa shape index (κ2) is 31.1. The highest BCUT2D eigenvalue weighted by Crippen LogP contribution is 2.15. The van der Waals surface area contributed by atoms with E-state index in [0.717, 1.165) is 32.1 Å². The molecule has 0 atom stereocenters. The average Bonchev–Trinajstić information content (AvgIpc) is 2.89. The first kappa shape index (κ1) is 35.9. The molecular formula is C34H64O3. The van der Waals surface area contributed by atoms with Crippen LogP contribution in [0.4, 0.5) is 0 Å². The molecule has 0 amide bonds. The SMILES string of the molecule is CCCC/C=C\CCCCCCCC(=O)OC(=O)CCCCCCCCCCCCCCCCCCC. The van der Waals surface area contributed by atoms with E-state index in [4.69, 9.17) is 4.74 Å². The fourth-order valence-corrected chi connectivity index (χ4v) is 4.84. The fraction of sp³-hybridized carbons (Fsp3) is 0.882. The van der Waals surface area contributed by atoms with E-state index in [-0.39, 0.29) is 11.9 Å². The third kappa shape index (κ3) is 31.0.